The van der Waals surface area contributed by atoms with Crippen molar-refractivity contribution in [3.05, 3.63) is 29.3 Å². The van der Waals surface area contributed by atoms with Crippen LogP contribution in [0.1, 0.15) is 30.0 Å². The van der Waals surface area contributed by atoms with E-state index < -0.39 is 0 Å². The van der Waals surface area contributed by atoms with Crippen molar-refractivity contribution in [2.24, 2.45) is 0 Å². The van der Waals surface area contributed by atoms with Gasteiger partial charge < -0.3 is 15.7 Å². The van der Waals surface area contributed by atoms with E-state index in [0.29, 0.717) is 6.54 Å². The van der Waals surface area contributed by atoms with Gasteiger partial charge in [-0.3, -0.25) is 4.79 Å². The number of amides is 1. The van der Waals surface area contributed by atoms with Crippen molar-refractivity contribution < 1.29 is 9.90 Å². The summed E-state index contributed by atoms with van der Waals surface area (Å²) in [6.07, 6.45) is 3.17. The first-order valence-electron chi connectivity index (χ1n) is 5.96. The second-order valence-electron chi connectivity index (χ2n) is 4.38. The third-order valence-corrected chi connectivity index (χ3v) is 3.23. The molecular weight excluding hydrogens is 216 g/mol. The fourth-order valence-electron chi connectivity index (χ4n) is 2.30. The molecule has 0 aliphatic heterocycles. The van der Waals surface area contributed by atoms with Gasteiger partial charge in [0, 0.05) is 13.1 Å². The van der Waals surface area contributed by atoms with E-state index in [9.17, 15) is 9.90 Å². The molecule has 4 nitrogen and oxygen atoms in total. The number of aryl methyl sites for hydroxylation is 1. The number of carbonyl (C=O) groups excluding carboxylic acids is 1. The highest BCUT2D eigenvalue weighted by molar-refractivity contribution is 5.77. The molecule has 0 saturated carbocycles. The van der Waals surface area contributed by atoms with Gasteiger partial charge in [-0.2, -0.15) is 0 Å². The largest absolute Gasteiger partial charge is 0.508 e. The van der Waals surface area contributed by atoms with Gasteiger partial charge >= 0.3 is 0 Å². The summed E-state index contributed by atoms with van der Waals surface area (Å²) in [5.41, 5.74) is 2.39. The van der Waals surface area contributed by atoms with Crippen molar-refractivity contribution in [2.75, 3.05) is 13.6 Å². The summed E-state index contributed by atoms with van der Waals surface area (Å²) in [5.74, 6) is 0.273. The first-order valence-corrected chi connectivity index (χ1v) is 5.96. The van der Waals surface area contributed by atoms with Crippen molar-refractivity contribution in [3.63, 3.8) is 0 Å². The number of phenols is 1. The minimum atomic E-state index is -0.0164. The Balaban J connectivity index is 2.11. The summed E-state index contributed by atoms with van der Waals surface area (Å²) >= 11 is 0. The first kappa shape index (κ1) is 11.9. The molecule has 1 aliphatic carbocycles. The quantitative estimate of drug-likeness (QED) is 0.734. The van der Waals surface area contributed by atoms with Crippen molar-refractivity contribution in [3.8, 4) is 5.75 Å². The number of hydrogen-bond acceptors (Lipinski definition) is 3. The predicted octanol–water partition coefficient (Wildman–Crippen LogP) is 1.11. The van der Waals surface area contributed by atoms with Gasteiger partial charge in [-0.1, -0.05) is 6.07 Å². The van der Waals surface area contributed by atoms with E-state index in [1.54, 1.807) is 19.2 Å². The number of fused-ring (bicyclic) bond motifs is 1. The Hall–Kier alpha value is -1.55. The molecule has 1 aromatic rings. The maximum absolute atomic E-state index is 11.2. The maximum Gasteiger partial charge on any atom is 0.233 e. The van der Waals surface area contributed by atoms with Crippen molar-refractivity contribution in [1.82, 2.24) is 10.6 Å². The number of likely N-dealkylation sites (N-methyl/N-ethyl adjacent to an activating group) is 1. The number of nitrogens with one attached hydrogen (secondary N) is 2. The molecule has 0 radical (unpaired) electrons. The number of aromatic hydroxyl groups is 1. The average molecular weight is 234 g/mol. The Morgan fingerprint density at radius 1 is 1.53 bits per heavy atom. The van der Waals surface area contributed by atoms with Crippen LogP contribution in [0.15, 0.2) is 18.2 Å². The molecule has 2 rings (SSSR count). The predicted molar refractivity (Wildman–Crippen MR) is 65.9 cm³/mol. The summed E-state index contributed by atoms with van der Waals surface area (Å²) in [5, 5.41) is 15.3. The topological polar surface area (TPSA) is 61.4 Å². The molecule has 0 aromatic heterocycles. The van der Waals surface area contributed by atoms with Crippen LogP contribution in [0.5, 0.6) is 5.75 Å². The summed E-state index contributed by atoms with van der Waals surface area (Å²) < 4.78 is 0. The fourth-order valence-corrected chi connectivity index (χ4v) is 2.30. The summed E-state index contributed by atoms with van der Waals surface area (Å²) in [4.78, 5) is 11.2. The fraction of sp³-hybridized carbons (Fsp3) is 0.462. The van der Waals surface area contributed by atoms with Crippen LogP contribution in [-0.2, 0) is 11.2 Å². The standard InChI is InChI=1S/C13H18N2O2/c1-14-13(17)8-15-12-4-2-3-9-5-6-10(16)7-11(9)12/h5-7,12,15-16H,2-4,8H2,1H3,(H,14,17). The van der Waals surface area contributed by atoms with Crippen LogP contribution >= 0.6 is 0 Å². The maximum atomic E-state index is 11.2. The van der Waals surface area contributed by atoms with E-state index in [1.807, 2.05) is 6.07 Å². The molecule has 1 aromatic carbocycles. The lowest BCUT2D eigenvalue weighted by molar-refractivity contribution is -0.119. The Morgan fingerprint density at radius 3 is 3.12 bits per heavy atom. The first-order chi connectivity index (χ1) is 8.20. The summed E-state index contributed by atoms with van der Waals surface area (Å²) in [7, 11) is 1.63. The average Bonchev–Trinajstić information content (AvgIpc) is 2.35. The Bertz CT molecular complexity index is 418. The van der Waals surface area contributed by atoms with E-state index in [4.69, 9.17) is 0 Å². The third kappa shape index (κ3) is 2.77. The minimum absolute atomic E-state index is 0.0164. The van der Waals surface area contributed by atoms with Gasteiger partial charge in [0.05, 0.1) is 6.54 Å². The van der Waals surface area contributed by atoms with E-state index >= 15 is 0 Å². The van der Waals surface area contributed by atoms with Crippen molar-refractivity contribution >= 4 is 5.91 Å². The van der Waals surface area contributed by atoms with Crippen LogP contribution in [-0.4, -0.2) is 24.6 Å². The molecule has 0 saturated heterocycles. The van der Waals surface area contributed by atoms with Crippen molar-refractivity contribution in [2.45, 2.75) is 25.3 Å². The van der Waals surface area contributed by atoms with Crippen LogP contribution in [0, 0.1) is 0 Å². The Kier molecular flexibility index (Phi) is 3.64. The van der Waals surface area contributed by atoms with Crippen LogP contribution in [0.25, 0.3) is 0 Å². The third-order valence-electron chi connectivity index (χ3n) is 3.23. The monoisotopic (exact) mass is 234 g/mol. The molecule has 92 valence electrons. The lowest BCUT2D eigenvalue weighted by Gasteiger charge is -2.26. The molecule has 1 amide bonds. The highest BCUT2D eigenvalue weighted by Gasteiger charge is 2.20. The SMILES string of the molecule is CNC(=O)CNC1CCCc2ccc(O)cc21. The number of carbonyl (C=O) groups is 1. The molecule has 1 aliphatic rings. The zero-order valence-corrected chi connectivity index (χ0v) is 9.99. The van der Waals surface area contributed by atoms with E-state index in [-0.39, 0.29) is 17.7 Å². The molecule has 1 unspecified atom stereocenters. The van der Waals surface area contributed by atoms with Gasteiger partial charge in [0.2, 0.25) is 5.91 Å². The minimum Gasteiger partial charge on any atom is -0.508 e. The zero-order valence-electron chi connectivity index (χ0n) is 9.99. The van der Waals surface area contributed by atoms with Gasteiger partial charge in [0.1, 0.15) is 5.75 Å². The van der Waals surface area contributed by atoms with Gasteiger partial charge in [-0.25, -0.2) is 0 Å². The van der Waals surface area contributed by atoms with E-state index in [0.717, 1.165) is 24.8 Å². The van der Waals surface area contributed by atoms with Gasteiger partial charge in [0.15, 0.2) is 0 Å². The highest BCUT2D eigenvalue weighted by atomic mass is 16.3. The molecule has 0 spiro atoms. The number of hydrogen-bond donors (Lipinski definition) is 3. The zero-order chi connectivity index (χ0) is 12.3. The number of phenolic OH excluding ortho intramolecular Hbond substituents is 1. The number of benzene rings is 1. The van der Waals surface area contributed by atoms with Gasteiger partial charge in [-0.05, 0) is 42.5 Å². The number of rotatable bonds is 3. The summed E-state index contributed by atoms with van der Waals surface area (Å²) in [6, 6.07) is 5.66. The van der Waals surface area contributed by atoms with E-state index in [2.05, 4.69) is 10.6 Å². The van der Waals surface area contributed by atoms with E-state index in [1.165, 1.54) is 5.56 Å². The van der Waals surface area contributed by atoms with Gasteiger partial charge in [-0.15, -0.1) is 0 Å². The molecule has 17 heavy (non-hydrogen) atoms. The van der Waals surface area contributed by atoms with Crippen LogP contribution in [0.2, 0.25) is 0 Å². The lowest BCUT2D eigenvalue weighted by atomic mass is 9.87. The molecule has 0 bridgehead atoms. The van der Waals surface area contributed by atoms with Crippen LogP contribution in [0.4, 0.5) is 0 Å². The second-order valence-corrected chi connectivity index (χ2v) is 4.38. The summed E-state index contributed by atoms with van der Waals surface area (Å²) in [6.45, 7) is 0.316. The highest BCUT2D eigenvalue weighted by Crippen LogP contribution is 2.31. The molecular formula is C13H18N2O2. The molecule has 0 fully saturated rings. The normalized spacial score (nSPS) is 18.5. The van der Waals surface area contributed by atoms with Crippen LogP contribution < -0.4 is 10.6 Å². The second kappa shape index (κ2) is 5.19. The lowest BCUT2D eigenvalue weighted by Crippen LogP contribution is -2.35. The smallest absolute Gasteiger partial charge is 0.233 e. The van der Waals surface area contributed by atoms with Crippen molar-refractivity contribution in [1.29, 1.82) is 0 Å². The Morgan fingerprint density at radius 2 is 2.35 bits per heavy atom. The molecule has 0 heterocycles. The Labute approximate surface area is 101 Å². The van der Waals surface area contributed by atoms with Gasteiger partial charge in [0.25, 0.3) is 0 Å². The van der Waals surface area contributed by atoms with Crippen LogP contribution in [0.3, 0.4) is 0 Å². The molecule has 1 atom stereocenters. The molecule has 4 heteroatoms. The molecule has 3 N–H and O–H groups in total.